The molecule has 0 amide bonds. The Hall–Kier alpha value is -1.37. The monoisotopic (exact) mass is 270 g/mol. The molecule has 0 bridgehead atoms. The first kappa shape index (κ1) is 13.6. The van der Waals surface area contributed by atoms with Gasteiger partial charge in [0.15, 0.2) is 0 Å². The molecule has 20 heavy (non-hydrogen) atoms. The first-order valence-corrected chi connectivity index (χ1v) is 7.69. The average molecular weight is 270 g/mol. The molecule has 1 heterocycles. The molecule has 3 rings (SSSR count). The molecule has 0 aromatic heterocycles. The number of benzene rings is 1. The van der Waals surface area contributed by atoms with Crippen molar-refractivity contribution in [1.29, 1.82) is 5.26 Å². The van der Waals surface area contributed by atoms with Crippen molar-refractivity contribution >= 4 is 0 Å². The van der Waals surface area contributed by atoms with Crippen LogP contribution in [-0.4, -0.2) is 28.7 Å². The van der Waals surface area contributed by atoms with Crippen LogP contribution >= 0.6 is 0 Å². The summed E-state index contributed by atoms with van der Waals surface area (Å²) in [5, 5.41) is 19.4. The van der Waals surface area contributed by atoms with Crippen molar-refractivity contribution in [1.82, 2.24) is 4.90 Å². The molecule has 2 fully saturated rings. The van der Waals surface area contributed by atoms with E-state index < -0.39 is 0 Å². The standard InChI is InChI=1S/C17H22N2O/c18-11-13-5-1-2-6-14(13)12-19-10-4-8-16(19)15-7-3-9-17(15)20/h1-2,5-6,15-17,20H,3-4,7-10,12H2. The van der Waals surface area contributed by atoms with Crippen LogP contribution in [0.5, 0.6) is 0 Å². The minimum absolute atomic E-state index is 0.119. The summed E-state index contributed by atoms with van der Waals surface area (Å²) in [5.41, 5.74) is 1.90. The van der Waals surface area contributed by atoms with Gasteiger partial charge in [-0.2, -0.15) is 5.26 Å². The van der Waals surface area contributed by atoms with E-state index in [4.69, 9.17) is 0 Å². The summed E-state index contributed by atoms with van der Waals surface area (Å²) in [7, 11) is 0. The van der Waals surface area contributed by atoms with Gasteiger partial charge in [0.1, 0.15) is 0 Å². The molecule has 3 nitrogen and oxygen atoms in total. The third-order valence-electron chi connectivity index (χ3n) is 4.95. The zero-order chi connectivity index (χ0) is 13.9. The first-order valence-electron chi connectivity index (χ1n) is 7.69. The van der Waals surface area contributed by atoms with Crippen LogP contribution in [0.1, 0.15) is 43.2 Å². The van der Waals surface area contributed by atoms with E-state index in [2.05, 4.69) is 17.0 Å². The normalized spacial score (nSPS) is 30.5. The Labute approximate surface area is 120 Å². The fourth-order valence-corrected chi connectivity index (χ4v) is 3.94. The molecular weight excluding hydrogens is 248 g/mol. The van der Waals surface area contributed by atoms with Crippen LogP contribution < -0.4 is 0 Å². The van der Waals surface area contributed by atoms with Crippen molar-refractivity contribution in [3.8, 4) is 6.07 Å². The molecular formula is C17H22N2O. The fraction of sp³-hybridized carbons (Fsp3) is 0.588. The zero-order valence-corrected chi connectivity index (χ0v) is 11.8. The number of hydrogen-bond acceptors (Lipinski definition) is 3. The van der Waals surface area contributed by atoms with Gasteiger partial charge in [-0.25, -0.2) is 0 Å². The van der Waals surface area contributed by atoms with E-state index in [0.29, 0.717) is 12.0 Å². The second-order valence-corrected chi connectivity index (χ2v) is 6.11. The number of nitriles is 1. The van der Waals surface area contributed by atoms with Gasteiger partial charge in [-0.15, -0.1) is 0 Å². The maximum absolute atomic E-state index is 10.2. The lowest BCUT2D eigenvalue weighted by Crippen LogP contribution is -2.38. The number of nitrogens with zero attached hydrogens (tertiary/aromatic N) is 2. The van der Waals surface area contributed by atoms with Crippen LogP contribution in [0.25, 0.3) is 0 Å². The van der Waals surface area contributed by atoms with Crippen molar-refractivity contribution in [3.63, 3.8) is 0 Å². The highest BCUT2D eigenvalue weighted by Crippen LogP contribution is 2.36. The quantitative estimate of drug-likeness (QED) is 0.918. The molecule has 1 aliphatic carbocycles. The summed E-state index contributed by atoms with van der Waals surface area (Å²) in [5.74, 6) is 0.437. The summed E-state index contributed by atoms with van der Waals surface area (Å²) in [6.07, 6.45) is 5.56. The summed E-state index contributed by atoms with van der Waals surface area (Å²) in [6.45, 7) is 1.94. The number of aliphatic hydroxyl groups excluding tert-OH is 1. The molecule has 0 spiro atoms. The highest BCUT2D eigenvalue weighted by molar-refractivity contribution is 5.37. The maximum atomic E-state index is 10.2. The Morgan fingerprint density at radius 1 is 1.20 bits per heavy atom. The van der Waals surface area contributed by atoms with Crippen LogP contribution in [0.2, 0.25) is 0 Å². The van der Waals surface area contributed by atoms with Crippen molar-refractivity contribution in [2.24, 2.45) is 5.92 Å². The van der Waals surface area contributed by atoms with E-state index in [1.165, 1.54) is 12.8 Å². The molecule has 1 saturated heterocycles. The Morgan fingerprint density at radius 3 is 2.80 bits per heavy atom. The second-order valence-electron chi connectivity index (χ2n) is 6.11. The van der Waals surface area contributed by atoms with E-state index in [1.807, 2.05) is 18.2 Å². The molecule has 3 heteroatoms. The molecule has 3 atom stereocenters. The van der Waals surface area contributed by atoms with Gasteiger partial charge >= 0.3 is 0 Å². The van der Waals surface area contributed by atoms with Crippen molar-refractivity contribution < 1.29 is 5.11 Å². The topological polar surface area (TPSA) is 47.3 Å². The van der Waals surface area contributed by atoms with Crippen LogP contribution in [0.15, 0.2) is 24.3 Å². The largest absolute Gasteiger partial charge is 0.393 e. The van der Waals surface area contributed by atoms with Gasteiger partial charge in [-0.05, 0) is 43.9 Å². The Morgan fingerprint density at radius 2 is 2.05 bits per heavy atom. The zero-order valence-electron chi connectivity index (χ0n) is 11.8. The number of hydrogen-bond donors (Lipinski definition) is 1. The van der Waals surface area contributed by atoms with E-state index in [9.17, 15) is 10.4 Å². The third kappa shape index (κ3) is 2.59. The van der Waals surface area contributed by atoms with E-state index in [0.717, 1.165) is 43.5 Å². The van der Waals surface area contributed by atoms with Crippen LogP contribution in [0, 0.1) is 17.2 Å². The summed E-state index contributed by atoms with van der Waals surface area (Å²) < 4.78 is 0. The SMILES string of the molecule is N#Cc1ccccc1CN1CCCC1C1CCCC1O. The average Bonchev–Trinajstić information content (AvgIpc) is 3.08. The summed E-state index contributed by atoms with van der Waals surface area (Å²) in [6, 6.07) is 10.7. The van der Waals surface area contributed by atoms with E-state index in [1.54, 1.807) is 0 Å². The van der Waals surface area contributed by atoms with Gasteiger partial charge in [-0.1, -0.05) is 24.6 Å². The summed E-state index contributed by atoms with van der Waals surface area (Å²) in [4.78, 5) is 2.48. The molecule has 1 N–H and O–H groups in total. The van der Waals surface area contributed by atoms with Gasteiger partial charge < -0.3 is 5.11 Å². The highest BCUT2D eigenvalue weighted by Gasteiger charge is 2.38. The summed E-state index contributed by atoms with van der Waals surface area (Å²) >= 11 is 0. The van der Waals surface area contributed by atoms with Gasteiger partial charge in [0.25, 0.3) is 0 Å². The second kappa shape index (κ2) is 5.95. The lowest BCUT2D eigenvalue weighted by molar-refractivity contribution is 0.0718. The molecule has 2 aliphatic rings. The molecule has 3 unspecified atom stereocenters. The minimum atomic E-state index is -0.119. The van der Waals surface area contributed by atoms with Crippen molar-refractivity contribution in [2.45, 2.75) is 50.8 Å². The highest BCUT2D eigenvalue weighted by atomic mass is 16.3. The fourth-order valence-electron chi connectivity index (χ4n) is 3.94. The van der Waals surface area contributed by atoms with Gasteiger partial charge in [0.05, 0.1) is 17.7 Å². The maximum Gasteiger partial charge on any atom is 0.0995 e. The lowest BCUT2D eigenvalue weighted by Gasteiger charge is -2.31. The predicted molar refractivity (Wildman–Crippen MR) is 77.9 cm³/mol. The smallest absolute Gasteiger partial charge is 0.0995 e. The van der Waals surface area contributed by atoms with Crippen LogP contribution in [-0.2, 0) is 6.54 Å². The molecule has 106 valence electrons. The Balaban J connectivity index is 1.74. The molecule has 1 saturated carbocycles. The third-order valence-corrected chi connectivity index (χ3v) is 4.95. The van der Waals surface area contributed by atoms with Gasteiger partial charge in [0, 0.05) is 18.5 Å². The number of likely N-dealkylation sites (tertiary alicyclic amines) is 1. The Bertz CT molecular complexity index is 508. The van der Waals surface area contributed by atoms with E-state index >= 15 is 0 Å². The van der Waals surface area contributed by atoms with Crippen molar-refractivity contribution in [3.05, 3.63) is 35.4 Å². The minimum Gasteiger partial charge on any atom is -0.393 e. The number of rotatable bonds is 3. The first-order chi connectivity index (χ1) is 9.79. The van der Waals surface area contributed by atoms with E-state index in [-0.39, 0.29) is 6.10 Å². The van der Waals surface area contributed by atoms with Gasteiger partial charge in [-0.3, -0.25) is 4.90 Å². The lowest BCUT2D eigenvalue weighted by atomic mass is 9.93. The number of aliphatic hydroxyl groups is 1. The molecule has 1 aromatic carbocycles. The van der Waals surface area contributed by atoms with Crippen LogP contribution in [0.3, 0.4) is 0 Å². The van der Waals surface area contributed by atoms with Gasteiger partial charge in [0.2, 0.25) is 0 Å². The Kier molecular flexibility index (Phi) is 4.05. The van der Waals surface area contributed by atoms with Crippen molar-refractivity contribution in [2.75, 3.05) is 6.54 Å². The molecule has 0 radical (unpaired) electrons. The predicted octanol–water partition coefficient (Wildman–Crippen LogP) is 2.68. The molecule has 1 aromatic rings. The van der Waals surface area contributed by atoms with Crippen LogP contribution in [0.4, 0.5) is 0 Å². The molecule has 1 aliphatic heterocycles.